The lowest BCUT2D eigenvalue weighted by molar-refractivity contribution is 0.0942. The Kier molecular flexibility index (Phi) is 3.48. The van der Waals surface area contributed by atoms with Crippen LogP contribution in [0, 0.1) is 26.2 Å². The van der Waals surface area contributed by atoms with E-state index in [1.165, 1.54) is 12.8 Å². The molecule has 1 heterocycles. The van der Waals surface area contributed by atoms with Crippen molar-refractivity contribution in [2.24, 2.45) is 11.1 Å². The smallest absolute Gasteiger partial charge is 0.255 e. The Balaban J connectivity index is 2.00. The van der Waals surface area contributed by atoms with Crippen LogP contribution in [0.4, 0.5) is 0 Å². The molecule has 4 heteroatoms. The highest BCUT2D eigenvalue weighted by molar-refractivity contribution is 5.96. The maximum absolute atomic E-state index is 12.2. The third-order valence-corrected chi connectivity index (χ3v) is 4.04. The fourth-order valence-corrected chi connectivity index (χ4v) is 2.48. The van der Waals surface area contributed by atoms with Crippen molar-refractivity contribution < 1.29 is 9.21 Å². The molecule has 1 aromatic rings. The molecule has 1 amide bonds. The second-order valence-electron chi connectivity index (χ2n) is 5.44. The molecule has 1 aliphatic carbocycles. The minimum atomic E-state index is -0.0230. The number of carbonyl (C=O) groups is 1. The first-order chi connectivity index (χ1) is 8.49. The Morgan fingerprint density at radius 1 is 1.33 bits per heavy atom. The summed E-state index contributed by atoms with van der Waals surface area (Å²) in [4.78, 5) is 12.2. The zero-order chi connectivity index (χ0) is 13.3. The molecule has 0 radical (unpaired) electrons. The molecule has 0 atom stereocenters. The van der Waals surface area contributed by atoms with Gasteiger partial charge in [-0.3, -0.25) is 4.79 Å². The van der Waals surface area contributed by atoms with Gasteiger partial charge in [-0.15, -0.1) is 0 Å². The second-order valence-corrected chi connectivity index (χ2v) is 5.44. The molecule has 2 rings (SSSR count). The maximum Gasteiger partial charge on any atom is 0.255 e. The van der Waals surface area contributed by atoms with Crippen molar-refractivity contribution in [3.8, 4) is 0 Å². The average molecular weight is 250 g/mol. The SMILES string of the molecule is Cc1oc(C)c(C(=O)NCC2(CCN)CC2)c1C. The van der Waals surface area contributed by atoms with Gasteiger partial charge < -0.3 is 15.5 Å². The highest BCUT2D eigenvalue weighted by Crippen LogP contribution is 2.47. The van der Waals surface area contributed by atoms with E-state index in [9.17, 15) is 4.79 Å². The van der Waals surface area contributed by atoms with Gasteiger partial charge >= 0.3 is 0 Å². The first-order valence-electron chi connectivity index (χ1n) is 6.54. The van der Waals surface area contributed by atoms with Gasteiger partial charge in [0, 0.05) is 12.1 Å². The largest absolute Gasteiger partial charge is 0.466 e. The Morgan fingerprint density at radius 2 is 2.00 bits per heavy atom. The lowest BCUT2D eigenvalue weighted by atomic mass is 10.0. The highest BCUT2D eigenvalue weighted by Gasteiger charge is 2.41. The number of rotatable bonds is 5. The van der Waals surface area contributed by atoms with Crippen LogP contribution < -0.4 is 11.1 Å². The van der Waals surface area contributed by atoms with Crippen molar-refractivity contribution in [1.29, 1.82) is 0 Å². The van der Waals surface area contributed by atoms with E-state index in [2.05, 4.69) is 5.32 Å². The molecule has 0 unspecified atom stereocenters. The number of furan rings is 1. The molecule has 0 bridgehead atoms. The van der Waals surface area contributed by atoms with E-state index in [1.807, 2.05) is 20.8 Å². The number of hydrogen-bond donors (Lipinski definition) is 2. The highest BCUT2D eigenvalue weighted by atomic mass is 16.3. The molecule has 0 spiro atoms. The number of nitrogens with two attached hydrogens (primary N) is 1. The molecule has 1 saturated carbocycles. The molecular formula is C14H22N2O2. The van der Waals surface area contributed by atoms with Crippen LogP contribution in [0.3, 0.4) is 0 Å². The van der Waals surface area contributed by atoms with Crippen LogP contribution in [0.25, 0.3) is 0 Å². The first kappa shape index (κ1) is 13.1. The third-order valence-electron chi connectivity index (χ3n) is 4.04. The molecule has 0 aliphatic heterocycles. The summed E-state index contributed by atoms with van der Waals surface area (Å²) < 4.78 is 5.48. The third kappa shape index (κ3) is 2.43. The van der Waals surface area contributed by atoms with Crippen LogP contribution in [-0.4, -0.2) is 19.0 Å². The molecule has 4 nitrogen and oxygen atoms in total. The van der Waals surface area contributed by atoms with Gasteiger partial charge in [-0.1, -0.05) is 0 Å². The van der Waals surface area contributed by atoms with E-state index in [-0.39, 0.29) is 11.3 Å². The topological polar surface area (TPSA) is 68.3 Å². The van der Waals surface area contributed by atoms with Crippen molar-refractivity contribution in [3.05, 3.63) is 22.6 Å². The van der Waals surface area contributed by atoms with E-state index in [0.717, 1.165) is 24.3 Å². The molecule has 1 aromatic heterocycles. The number of nitrogens with one attached hydrogen (secondary N) is 1. The van der Waals surface area contributed by atoms with Gasteiger partial charge in [0.1, 0.15) is 11.5 Å². The van der Waals surface area contributed by atoms with Crippen molar-refractivity contribution >= 4 is 5.91 Å². The van der Waals surface area contributed by atoms with Crippen LogP contribution in [0.1, 0.15) is 46.7 Å². The average Bonchev–Trinajstić information content (AvgIpc) is 3.02. The Hall–Kier alpha value is -1.29. The minimum absolute atomic E-state index is 0.0230. The van der Waals surface area contributed by atoms with Gasteiger partial charge in [0.25, 0.3) is 5.91 Å². The molecule has 1 aliphatic rings. The summed E-state index contributed by atoms with van der Waals surface area (Å²) in [5.41, 5.74) is 7.49. The van der Waals surface area contributed by atoms with E-state index in [0.29, 0.717) is 17.9 Å². The first-order valence-corrected chi connectivity index (χ1v) is 6.54. The van der Waals surface area contributed by atoms with Crippen molar-refractivity contribution in [1.82, 2.24) is 5.32 Å². The second kappa shape index (κ2) is 4.76. The van der Waals surface area contributed by atoms with E-state index < -0.39 is 0 Å². The fourth-order valence-electron chi connectivity index (χ4n) is 2.48. The Bertz CT molecular complexity index is 459. The fraction of sp³-hybridized carbons (Fsp3) is 0.643. The lowest BCUT2D eigenvalue weighted by Crippen LogP contribution is -2.31. The maximum atomic E-state index is 12.2. The minimum Gasteiger partial charge on any atom is -0.466 e. The summed E-state index contributed by atoms with van der Waals surface area (Å²) in [6, 6.07) is 0. The predicted octanol–water partition coefficient (Wildman–Crippen LogP) is 2.06. The molecular weight excluding hydrogens is 228 g/mol. The summed E-state index contributed by atoms with van der Waals surface area (Å²) in [5.74, 6) is 1.50. The van der Waals surface area contributed by atoms with Crippen molar-refractivity contribution in [2.45, 2.75) is 40.0 Å². The Labute approximate surface area is 108 Å². The van der Waals surface area contributed by atoms with Crippen LogP contribution >= 0.6 is 0 Å². The van der Waals surface area contributed by atoms with Crippen molar-refractivity contribution in [2.75, 3.05) is 13.1 Å². The monoisotopic (exact) mass is 250 g/mol. The number of aryl methyl sites for hydroxylation is 2. The van der Waals surface area contributed by atoms with Crippen LogP contribution in [0.2, 0.25) is 0 Å². The van der Waals surface area contributed by atoms with Crippen molar-refractivity contribution in [3.63, 3.8) is 0 Å². The summed E-state index contributed by atoms with van der Waals surface area (Å²) >= 11 is 0. The summed E-state index contributed by atoms with van der Waals surface area (Å²) in [7, 11) is 0. The van der Waals surface area contributed by atoms with E-state index in [1.54, 1.807) is 0 Å². The zero-order valence-corrected chi connectivity index (χ0v) is 11.4. The van der Waals surface area contributed by atoms with E-state index >= 15 is 0 Å². The van der Waals surface area contributed by atoms with Gasteiger partial charge in [0.05, 0.1) is 5.56 Å². The van der Waals surface area contributed by atoms with Gasteiger partial charge in [-0.05, 0) is 52.0 Å². The van der Waals surface area contributed by atoms with Gasteiger partial charge in [0.2, 0.25) is 0 Å². The van der Waals surface area contributed by atoms with Crippen LogP contribution in [0.5, 0.6) is 0 Å². The molecule has 3 N–H and O–H groups in total. The Morgan fingerprint density at radius 3 is 2.44 bits per heavy atom. The summed E-state index contributed by atoms with van der Waals surface area (Å²) in [5, 5.41) is 3.03. The molecule has 1 fully saturated rings. The number of carbonyl (C=O) groups excluding carboxylic acids is 1. The van der Waals surface area contributed by atoms with E-state index in [4.69, 9.17) is 10.2 Å². The predicted molar refractivity (Wildman–Crippen MR) is 70.6 cm³/mol. The van der Waals surface area contributed by atoms with Crippen LogP contribution in [0.15, 0.2) is 4.42 Å². The molecule has 18 heavy (non-hydrogen) atoms. The molecule has 0 aromatic carbocycles. The van der Waals surface area contributed by atoms with Gasteiger partial charge in [-0.25, -0.2) is 0 Å². The number of hydrogen-bond acceptors (Lipinski definition) is 3. The normalized spacial score (nSPS) is 16.7. The summed E-state index contributed by atoms with van der Waals surface area (Å²) in [6.07, 6.45) is 3.34. The lowest BCUT2D eigenvalue weighted by Gasteiger charge is -2.14. The molecule has 0 saturated heterocycles. The molecule has 100 valence electrons. The zero-order valence-electron chi connectivity index (χ0n) is 11.4. The standard InChI is InChI=1S/C14H22N2O2/c1-9-10(2)18-11(3)12(9)13(17)16-8-14(4-5-14)6-7-15/h4-8,15H2,1-3H3,(H,16,17). The van der Waals surface area contributed by atoms with Gasteiger partial charge in [0.15, 0.2) is 0 Å². The quantitative estimate of drug-likeness (QED) is 0.840. The van der Waals surface area contributed by atoms with Crippen LogP contribution in [-0.2, 0) is 0 Å². The van der Waals surface area contributed by atoms with Gasteiger partial charge in [-0.2, -0.15) is 0 Å². The number of amides is 1. The summed E-state index contributed by atoms with van der Waals surface area (Å²) in [6.45, 7) is 7.07.